The molecule has 0 bridgehead atoms. The number of hydrogen-bond donors (Lipinski definition) is 0. The van der Waals surface area contributed by atoms with Gasteiger partial charge in [-0.15, -0.1) is 0 Å². The Bertz CT molecular complexity index is 278. The van der Waals surface area contributed by atoms with Crippen molar-refractivity contribution in [1.82, 2.24) is 0 Å². The lowest BCUT2D eigenvalue weighted by Crippen LogP contribution is -1.84. The highest BCUT2D eigenvalue weighted by Gasteiger charge is 1.95. The van der Waals surface area contributed by atoms with Crippen molar-refractivity contribution in [2.24, 2.45) is 0 Å². The number of unbranched alkanes of at least 4 members (excludes halogenated alkanes) is 22. The highest BCUT2D eigenvalue weighted by molar-refractivity contribution is 4.81. The lowest BCUT2D eigenvalue weighted by Gasteiger charge is -2.04. The van der Waals surface area contributed by atoms with Gasteiger partial charge >= 0.3 is 0 Å². The first-order valence-corrected chi connectivity index (χ1v) is 13.1. The topological polar surface area (TPSA) is 0 Å². The van der Waals surface area contributed by atoms with Crippen LogP contribution in [0.5, 0.6) is 0 Å². The molecule has 2 radical (unpaired) electrons. The van der Waals surface area contributed by atoms with Crippen LogP contribution < -0.4 is 0 Å². The Morgan fingerprint density at radius 2 is 0.536 bits per heavy atom. The van der Waals surface area contributed by atoms with E-state index in [1.165, 1.54) is 141 Å². The van der Waals surface area contributed by atoms with Crippen LogP contribution in [0.3, 0.4) is 0 Å². The Hall–Kier alpha value is -0.260. The molecule has 166 valence electrons. The molecule has 0 aliphatic heterocycles. The molecular formula is C28H54. The van der Waals surface area contributed by atoms with E-state index in [-0.39, 0.29) is 0 Å². The Morgan fingerprint density at radius 1 is 0.286 bits per heavy atom. The normalized spacial score (nSPS) is 11.6. The van der Waals surface area contributed by atoms with E-state index in [4.69, 9.17) is 0 Å². The summed E-state index contributed by atoms with van der Waals surface area (Å²) in [6.45, 7) is 7.79. The molecular weight excluding hydrogens is 336 g/mol. The Kier molecular flexibility index (Phi) is 26.5. The molecule has 0 heterocycles. The van der Waals surface area contributed by atoms with Gasteiger partial charge in [0.1, 0.15) is 0 Å². The molecule has 0 amide bonds. The van der Waals surface area contributed by atoms with Gasteiger partial charge in [-0.25, -0.2) is 0 Å². The van der Waals surface area contributed by atoms with Gasteiger partial charge in [0.05, 0.1) is 0 Å². The quantitative estimate of drug-likeness (QED) is 0.113. The molecule has 0 heteroatoms. The van der Waals surface area contributed by atoms with Crippen molar-refractivity contribution in [2.75, 3.05) is 0 Å². The average molecular weight is 391 g/mol. The van der Waals surface area contributed by atoms with E-state index in [2.05, 4.69) is 26.0 Å². The second kappa shape index (κ2) is 26.7. The minimum Gasteiger partial charge on any atom is -0.0885 e. The first-order valence-electron chi connectivity index (χ1n) is 13.1. The van der Waals surface area contributed by atoms with Crippen LogP contribution in [0.15, 0.2) is 12.2 Å². The van der Waals surface area contributed by atoms with Crippen molar-refractivity contribution < 1.29 is 0 Å². The van der Waals surface area contributed by atoms with Gasteiger partial charge in [0, 0.05) is 0 Å². The summed E-state index contributed by atoms with van der Waals surface area (Å²) in [5.41, 5.74) is 0. The molecule has 0 aromatic heterocycles. The zero-order valence-corrected chi connectivity index (χ0v) is 19.5. The molecule has 0 aliphatic carbocycles. The van der Waals surface area contributed by atoms with E-state index in [1.807, 2.05) is 0 Å². The summed E-state index contributed by atoms with van der Waals surface area (Å²) in [5, 5.41) is 0. The summed E-state index contributed by atoms with van der Waals surface area (Å²) in [5.74, 6) is 0. The number of rotatable bonds is 24. The lowest BCUT2D eigenvalue weighted by atomic mass is 10.0. The lowest BCUT2D eigenvalue weighted by molar-refractivity contribution is 0.522. The zero-order chi connectivity index (χ0) is 20.4. The molecule has 0 saturated heterocycles. The van der Waals surface area contributed by atoms with Gasteiger partial charge in [-0.2, -0.15) is 0 Å². The van der Waals surface area contributed by atoms with Crippen LogP contribution in [0.1, 0.15) is 154 Å². The van der Waals surface area contributed by atoms with Crippen LogP contribution in [-0.4, -0.2) is 0 Å². The summed E-state index contributed by atoms with van der Waals surface area (Å²) in [6, 6.07) is 0. The van der Waals surface area contributed by atoms with Gasteiger partial charge in [-0.05, 0) is 25.7 Å². The maximum atomic E-state index is 3.91. The smallest absolute Gasteiger partial charge is 0.0351 e. The predicted molar refractivity (Wildman–Crippen MR) is 131 cm³/mol. The van der Waals surface area contributed by atoms with Gasteiger partial charge < -0.3 is 0 Å². The van der Waals surface area contributed by atoms with Crippen molar-refractivity contribution in [3.63, 3.8) is 0 Å². The van der Waals surface area contributed by atoms with Crippen molar-refractivity contribution in [1.29, 1.82) is 0 Å². The molecule has 28 heavy (non-hydrogen) atoms. The predicted octanol–water partition coefficient (Wildman–Crippen LogP) is 10.6. The largest absolute Gasteiger partial charge is 0.0885 e. The Morgan fingerprint density at radius 3 is 0.857 bits per heavy atom. The van der Waals surface area contributed by atoms with Crippen LogP contribution in [-0.2, 0) is 0 Å². The van der Waals surface area contributed by atoms with Crippen LogP contribution in [0.4, 0.5) is 0 Å². The molecule has 0 spiro atoms. The van der Waals surface area contributed by atoms with Crippen LogP contribution >= 0.6 is 0 Å². The van der Waals surface area contributed by atoms with E-state index >= 15 is 0 Å². The molecule has 0 rings (SSSR count). The third kappa shape index (κ3) is 25.7. The molecule has 0 unspecified atom stereocenters. The molecule has 0 saturated carbocycles. The highest BCUT2D eigenvalue weighted by Crippen LogP contribution is 2.15. The summed E-state index contributed by atoms with van der Waals surface area (Å²) < 4.78 is 0. The van der Waals surface area contributed by atoms with Gasteiger partial charge in [0.25, 0.3) is 0 Å². The monoisotopic (exact) mass is 390 g/mol. The summed E-state index contributed by atoms with van der Waals surface area (Å²) >= 11 is 0. The highest BCUT2D eigenvalue weighted by atomic mass is 14.0. The molecule has 0 nitrogen and oxygen atoms in total. The summed E-state index contributed by atoms with van der Waals surface area (Å²) in [7, 11) is 0. The van der Waals surface area contributed by atoms with Gasteiger partial charge in [0.2, 0.25) is 0 Å². The second-order valence-electron chi connectivity index (χ2n) is 8.83. The number of allylic oxidation sites excluding steroid dienone is 2. The van der Waals surface area contributed by atoms with Crippen molar-refractivity contribution in [2.45, 2.75) is 154 Å². The minimum absolute atomic E-state index is 1.07. The molecule has 0 aliphatic rings. The average Bonchev–Trinajstić information content (AvgIpc) is 2.71. The van der Waals surface area contributed by atoms with E-state index in [0.717, 1.165) is 12.8 Å². The van der Waals surface area contributed by atoms with E-state index in [1.54, 1.807) is 0 Å². The molecule has 0 aromatic carbocycles. The van der Waals surface area contributed by atoms with Crippen LogP contribution in [0.2, 0.25) is 0 Å². The maximum Gasteiger partial charge on any atom is -0.0351 e. The van der Waals surface area contributed by atoms with E-state index in [9.17, 15) is 0 Å². The van der Waals surface area contributed by atoms with E-state index < -0.39 is 0 Å². The Labute approximate surface area is 180 Å². The van der Waals surface area contributed by atoms with Crippen molar-refractivity contribution >= 4 is 0 Å². The van der Waals surface area contributed by atoms with Gasteiger partial charge in [-0.1, -0.05) is 154 Å². The fourth-order valence-electron chi connectivity index (χ4n) is 3.94. The first-order chi connectivity index (χ1) is 13.9. The van der Waals surface area contributed by atoms with Crippen molar-refractivity contribution in [3.05, 3.63) is 26.0 Å². The minimum atomic E-state index is 1.07. The second-order valence-corrected chi connectivity index (χ2v) is 8.83. The standard InChI is InChI=1S/C28H54/c1-3-5-7-9-11-13-15-17-19-21-23-25-27-28-26-24-22-20-18-16-14-12-10-8-6-4-2/h9,11H,1-8,10,12-28H2/b11-9+. The summed E-state index contributed by atoms with van der Waals surface area (Å²) in [6.07, 6.45) is 38.2. The van der Waals surface area contributed by atoms with Gasteiger partial charge in [0.15, 0.2) is 0 Å². The fourth-order valence-corrected chi connectivity index (χ4v) is 3.94. The summed E-state index contributed by atoms with van der Waals surface area (Å²) in [4.78, 5) is 0. The SMILES string of the molecule is [CH2]CCC/C=C/CCCCCCCCCCCCCCCCCCCCC[CH2]. The molecule has 0 aromatic rings. The van der Waals surface area contributed by atoms with Crippen LogP contribution in [0, 0.1) is 13.8 Å². The fraction of sp³-hybridized carbons (Fsp3) is 0.857. The number of hydrogen-bond acceptors (Lipinski definition) is 0. The van der Waals surface area contributed by atoms with Crippen LogP contribution in [0.25, 0.3) is 0 Å². The Balaban J connectivity index is 3.00. The van der Waals surface area contributed by atoms with E-state index in [0.29, 0.717) is 0 Å². The molecule has 0 fully saturated rings. The van der Waals surface area contributed by atoms with Crippen molar-refractivity contribution in [3.8, 4) is 0 Å². The zero-order valence-electron chi connectivity index (χ0n) is 19.5. The maximum absolute atomic E-state index is 3.91. The molecule has 0 atom stereocenters. The van der Waals surface area contributed by atoms with Gasteiger partial charge in [-0.3, -0.25) is 0 Å². The molecule has 0 N–H and O–H groups in total. The third-order valence-corrected chi connectivity index (χ3v) is 5.91. The third-order valence-electron chi connectivity index (χ3n) is 5.91. The first kappa shape index (κ1) is 27.7.